The molecule has 3 rings (SSSR count). The maximum Gasteiger partial charge on any atom is 0.0785 e. The second-order valence-corrected chi connectivity index (χ2v) is 7.48. The van der Waals surface area contributed by atoms with E-state index in [1.165, 1.54) is 0 Å². The van der Waals surface area contributed by atoms with Crippen molar-refractivity contribution in [2.24, 2.45) is 0 Å². The quantitative estimate of drug-likeness (QED) is 0.285. The minimum absolute atomic E-state index is 0.317. The summed E-state index contributed by atoms with van der Waals surface area (Å²) in [4.78, 5) is 0. The highest BCUT2D eigenvalue weighted by Crippen LogP contribution is 2.41. The Morgan fingerprint density at radius 1 is 0.533 bits per heavy atom. The Morgan fingerprint density at radius 3 is 1.80 bits per heavy atom. The van der Waals surface area contributed by atoms with Crippen LogP contribution in [0, 0.1) is 6.92 Å². The fraction of sp³-hybridized carbons (Fsp3) is 0.143. The molecular formula is C21H29N9. The van der Waals surface area contributed by atoms with E-state index < -0.39 is 0 Å². The molecule has 9 heteroatoms. The SMILES string of the molecule is Cc1cc(-c2c(N)cc(CCc3c(N)cc(N)c(N)c3N)c(N)c2N)cc(N)c1N. The van der Waals surface area contributed by atoms with Crippen molar-refractivity contribution in [1.29, 1.82) is 0 Å². The van der Waals surface area contributed by atoms with E-state index in [9.17, 15) is 0 Å². The van der Waals surface area contributed by atoms with Crippen molar-refractivity contribution in [3.05, 3.63) is 41.0 Å². The number of rotatable bonds is 4. The molecule has 3 aromatic rings. The van der Waals surface area contributed by atoms with Gasteiger partial charge in [-0.1, -0.05) is 0 Å². The van der Waals surface area contributed by atoms with Gasteiger partial charge in [-0.2, -0.15) is 0 Å². The van der Waals surface area contributed by atoms with Crippen LogP contribution >= 0.6 is 0 Å². The van der Waals surface area contributed by atoms with Crippen molar-refractivity contribution in [3.8, 4) is 11.1 Å². The van der Waals surface area contributed by atoms with Crippen LogP contribution in [0.15, 0.2) is 24.3 Å². The summed E-state index contributed by atoms with van der Waals surface area (Å²) in [5, 5.41) is 0. The van der Waals surface area contributed by atoms with Crippen LogP contribution in [0.1, 0.15) is 16.7 Å². The normalized spacial score (nSPS) is 11.0. The first-order valence-electron chi connectivity index (χ1n) is 9.36. The molecule has 9 nitrogen and oxygen atoms in total. The van der Waals surface area contributed by atoms with Gasteiger partial charge < -0.3 is 51.6 Å². The van der Waals surface area contributed by atoms with Gasteiger partial charge in [0.05, 0.1) is 39.8 Å². The summed E-state index contributed by atoms with van der Waals surface area (Å²) in [6.07, 6.45) is 1.01. The Kier molecular flexibility index (Phi) is 5.05. The zero-order valence-corrected chi connectivity index (χ0v) is 16.9. The minimum Gasteiger partial charge on any atom is -0.398 e. The van der Waals surface area contributed by atoms with Gasteiger partial charge in [-0.05, 0) is 60.7 Å². The van der Waals surface area contributed by atoms with Crippen molar-refractivity contribution in [1.82, 2.24) is 0 Å². The zero-order chi connectivity index (χ0) is 22.3. The lowest BCUT2D eigenvalue weighted by molar-refractivity contribution is 0.970. The van der Waals surface area contributed by atoms with Gasteiger partial charge in [0.15, 0.2) is 0 Å². The van der Waals surface area contributed by atoms with E-state index in [0.717, 1.165) is 16.7 Å². The fourth-order valence-electron chi connectivity index (χ4n) is 3.64. The van der Waals surface area contributed by atoms with Gasteiger partial charge in [0.1, 0.15) is 0 Å². The number of aryl methyl sites for hydroxylation is 2. The summed E-state index contributed by atoms with van der Waals surface area (Å²) in [7, 11) is 0. The Bertz CT molecular complexity index is 1130. The summed E-state index contributed by atoms with van der Waals surface area (Å²) >= 11 is 0. The third kappa shape index (κ3) is 3.37. The molecule has 30 heavy (non-hydrogen) atoms. The van der Waals surface area contributed by atoms with Crippen LogP contribution in [0.4, 0.5) is 51.2 Å². The molecule has 0 saturated heterocycles. The smallest absolute Gasteiger partial charge is 0.0785 e. The summed E-state index contributed by atoms with van der Waals surface area (Å²) in [5.41, 5.74) is 62.4. The average molecular weight is 408 g/mol. The van der Waals surface area contributed by atoms with E-state index >= 15 is 0 Å². The van der Waals surface area contributed by atoms with Crippen LogP contribution in [0.25, 0.3) is 11.1 Å². The van der Waals surface area contributed by atoms with E-state index in [0.29, 0.717) is 75.2 Å². The van der Waals surface area contributed by atoms with Gasteiger partial charge in [-0.15, -0.1) is 0 Å². The molecule has 158 valence electrons. The summed E-state index contributed by atoms with van der Waals surface area (Å²) < 4.78 is 0. The lowest BCUT2D eigenvalue weighted by Crippen LogP contribution is -2.10. The maximum atomic E-state index is 6.36. The van der Waals surface area contributed by atoms with Crippen molar-refractivity contribution < 1.29 is 0 Å². The monoisotopic (exact) mass is 407 g/mol. The highest BCUT2D eigenvalue weighted by Gasteiger charge is 2.17. The molecule has 0 aliphatic carbocycles. The maximum absolute atomic E-state index is 6.36. The van der Waals surface area contributed by atoms with Crippen LogP contribution in [-0.4, -0.2) is 0 Å². The fourth-order valence-corrected chi connectivity index (χ4v) is 3.64. The molecule has 0 spiro atoms. The van der Waals surface area contributed by atoms with Crippen molar-refractivity contribution >= 4 is 51.2 Å². The number of hydrogen-bond acceptors (Lipinski definition) is 9. The third-order valence-electron chi connectivity index (χ3n) is 5.46. The molecule has 0 aromatic heterocycles. The molecule has 3 aromatic carbocycles. The van der Waals surface area contributed by atoms with E-state index in [1.54, 1.807) is 18.2 Å². The van der Waals surface area contributed by atoms with Gasteiger partial charge in [-0.25, -0.2) is 0 Å². The molecular weight excluding hydrogens is 378 g/mol. The molecule has 0 heterocycles. The second kappa shape index (κ2) is 7.36. The van der Waals surface area contributed by atoms with Crippen molar-refractivity contribution in [3.63, 3.8) is 0 Å². The second-order valence-electron chi connectivity index (χ2n) is 7.48. The Hall–Kier alpha value is -4.14. The number of benzene rings is 3. The highest BCUT2D eigenvalue weighted by atomic mass is 14.8. The molecule has 0 bridgehead atoms. The van der Waals surface area contributed by atoms with Gasteiger partial charge in [0, 0.05) is 22.5 Å². The zero-order valence-electron chi connectivity index (χ0n) is 16.9. The lowest BCUT2D eigenvalue weighted by atomic mass is 9.93. The predicted molar refractivity (Wildman–Crippen MR) is 130 cm³/mol. The Balaban J connectivity index is 2.00. The number of nitrogen functional groups attached to an aromatic ring is 9. The van der Waals surface area contributed by atoms with Crippen LogP contribution in [0.3, 0.4) is 0 Å². The largest absolute Gasteiger partial charge is 0.398 e. The molecule has 0 aliphatic heterocycles. The van der Waals surface area contributed by atoms with E-state index in [1.807, 2.05) is 13.0 Å². The molecule has 0 fully saturated rings. The Morgan fingerprint density at radius 2 is 1.17 bits per heavy atom. The molecule has 0 unspecified atom stereocenters. The first kappa shape index (κ1) is 20.6. The lowest BCUT2D eigenvalue weighted by Gasteiger charge is -2.18. The van der Waals surface area contributed by atoms with Crippen LogP contribution in [0.5, 0.6) is 0 Å². The molecule has 0 radical (unpaired) electrons. The summed E-state index contributed by atoms with van der Waals surface area (Å²) in [6, 6.07) is 7.02. The van der Waals surface area contributed by atoms with E-state index in [4.69, 9.17) is 51.6 Å². The number of hydrogen-bond donors (Lipinski definition) is 9. The van der Waals surface area contributed by atoms with Crippen LogP contribution < -0.4 is 51.6 Å². The Labute approximate surface area is 175 Å². The standard InChI is InChI=1S/C21H29N9/c1-8-4-10(6-14(24)17(8)26)16-13(23)5-9(18(27)21(16)30)2-3-11-12(22)7-15(25)20(29)19(11)28/h4-7H,2-3,22-30H2,1H3. The van der Waals surface area contributed by atoms with Gasteiger partial charge >= 0.3 is 0 Å². The van der Waals surface area contributed by atoms with Gasteiger partial charge in [0.2, 0.25) is 0 Å². The molecule has 18 N–H and O–H groups in total. The van der Waals surface area contributed by atoms with Crippen molar-refractivity contribution in [2.45, 2.75) is 19.8 Å². The van der Waals surface area contributed by atoms with Gasteiger partial charge in [0.25, 0.3) is 0 Å². The van der Waals surface area contributed by atoms with E-state index in [-0.39, 0.29) is 0 Å². The van der Waals surface area contributed by atoms with Crippen LogP contribution in [-0.2, 0) is 12.8 Å². The first-order valence-corrected chi connectivity index (χ1v) is 9.36. The van der Waals surface area contributed by atoms with Crippen LogP contribution in [0.2, 0.25) is 0 Å². The number of anilines is 9. The summed E-state index contributed by atoms with van der Waals surface area (Å²) in [6.45, 7) is 1.87. The third-order valence-corrected chi connectivity index (χ3v) is 5.46. The highest BCUT2D eigenvalue weighted by molar-refractivity contribution is 5.96. The molecule has 0 atom stereocenters. The molecule has 0 saturated carbocycles. The van der Waals surface area contributed by atoms with Crippen molar-refractivity contribution in [2.75, 3.05) is 51.6 Å². The number of nitrogens with two attached hydrogens (primary N) is 9. The molecule has 0 aliphatic rings. The molecule has 0 amide bonds. The average Bonchev–Trinajstić information content (AvgIpc) is 2.67. The van der Waals surface area contributed by atoms with E-state index in [2.05, 4.69) is 0 Å². The first-order chi connectivity index (χ1) is 14.0. The predicted octanol–water partition coefficient (Wildman–Crippen LogP) is 1.69. The minimum atomic E-state index is 0.317. The topological polar surface area (TPSA) is 234 Å². The summed E-state index contributed by atoms with van der Waals surface area (Å²) in [5.74, 6) is 0. The van der Waals surface area contributed by atoms with Gasteiger partial charge in [-0.3, -0.25) is 0 Å².